The molecule has 1 aliphatic carbocycles. The van der Waals surface area contributed by atoms with Crippen LogP contribution in [0, 0.1) is 6.92 Å². The third kappa shape index (κ3) is 2.21. The minimum absolute atomic E-state index is 0.143. The fourth-order valence-electron chi connectivity index (χ4n) is 3.70. The SMILES string of the molecule is Cc1ccc(S(=O)(=O)N2CCC[C@H](O)[C@@]23CCCC3=O)cc1. The summed E-state index contributed by atoms with van der Waals surface area (Å²) in [4.78, 5) is 12.6. The Bertz CT molecular complexity index is 683. The number of hydrogen-bond donors (Lipinski definition) is 1. The lowest BCUT2D eigenvalue weighted by Gasteiger charge is -2.45. The zero-order valence-electron chi connectivity index (χ0n) is 12.7. The summed E-state index contributed by atoms with van der Waals surface area (Å²) in [6.07, 6.45) is 1.54. The zero-order chi connectivity index (χ0) is 16.0. The maximum Gasteiger partial charge on any atom is 0.244 e. The number of sulfonamides is 1. The fourth-order valence-corrected chi connectivity index (χ4v) is 5.54. The van der Waals surface area contributed by atoms with Gasteiger partial charge in [-0.3, -0.25) is 4.79 Å². The predicted octanol–water partition coefficient (Wildman–Crippen LogP) is 1.63. The first kappa shape index (κ1) is 15.6. The normalized spacial score (nSPS) is 30.1. The number of carbonyl (C=O) groups excluding carboxylic acids is 1. The zero-order valence-corrected chi connectivity index (χ0v) is 13.5. The van der Waals surface area contributed by atoms with Gasteiger partial charge in [-0.05, 0) is 44.7 Å². The molecule has 2 aliphatic rings. The fraction of sp³-hybridized carbons (Fsp3) is 0.562. The molecule has 0 aromatic heterocycles. The number of piperidine rings is 1. The van der Waals surface area contributed by atoms with E-state index in [9.17, 15) is 18.3 Å². The largest absolute Gasteiger partial charge is 0.391 e. The lowest BCUT2D eigenvalue weighted by atomic mass is 9.83. The van der Waals surface area contributed by atoms with Crippen molar-refractivity contribution in [2.45, 2.75) is 55.6 Å². The molecular weight excluding hydrogens is 302 g/mol. The van der Waals surface area contributed by atoms with E-state index in [1.54, 1.807) is 24.3 Å². The monoisotopic (exact) mass is 323 g/mol. The van der Waals surface area contributed by atoms with Gasteiger partial charge in [0.2, 0.25) is 10.0 Å². The Morgan fingerprint density at radius 1 is 1.23 bits per heavy atom. The summed E-state index contributed by atoms with van der Waals surface area (Å²) in [6.45, 7) is 2.18. The minimum atomic E-state index is -3.78. The summed E-state index contributed by atoms with van der Waals surface area (Å²) < 4.78 is 27.3. The highest BCUT2D eigenvalue weighted by Gasteiger charge is 2.57. The Morgan fingerprint density at radius 3 is 2.50 bits per heavy atom. The molecule has 22 heavy (non-hydrogen) atoms. The van der Waals surface area contributed by atoms with Crippen LogP contribution in [0.2, 0.25) is 0 Å². The van der Waals surface area contributed by atoms with Gasteiger partial charge < -0.3 is 5.11 Å². The Balaban J connectivity index is 2.08. The number of hydrogen-bond acceptors (Lipinski definition) is 4. The Morgan fingerprint density at radius 2 is 1.91 bits per heavy atom. The number of aliphatic hydroxyl groups is 1. The Labute approximate surface area is 131 Å². The summed E-state index contributed by atoms with van der Waals surface area (Å²) in [7, 11) is -3.78. The maximum atomic E-state index is 13.0. The van der Waals surface area contributed by atoms with Gasteiger partial charge in [0.25, 0.3) is 0 Å². The van der Waals surface area contributed by atoms with Gasteiger partial charge in [-0.2, -0.15) is 4.31 Å². The average Bonchev–Trinajstić information content (AvgIpc) is 2.85. The highest BCUT2D eigenvalue weighted by atomic mass is 32.2. The van der Waals surface area contributed by atoms with Crippen molar-refractivity contribution >= 4 is 15.8 Å². The molecule has 0 amide bonds. The van der Waals surface area contributed by atoms with Crippen molar-refractivity contribution in [2.24, 2.45) is 0 Å². The van der Waals surface area contributed by atoms with E-state index in [-0.39, 0.29) is 10.7 Å². The van der Waals surface area contributed by atoms with Crippen LogP contribution in [0.5, 0.6) is 0 Å². The van der Waals surface area contributed by atoms with Crippen LogP contribution in [0.25, 0.3) is 0 Å². The third-order valence-corrected chi connectivity index (χ3v) is 6.85. The van der Waals surface area contributed by atoms with Crippen LogP contribution in [0.1, 0.15) is 37.7 Å². The smallest absolute Gasteiger partial charge is 0.244 e. The number of rotatable bonds is 2. The number of carbonyl (C=O) groups is 1. The Kier molecular flexibility index (Phi) is 3.87. The second-order valence-corrected chi connectivity index (χ2v) is 8.11. The molecule has 1 aliphatic heterocycles. The molecule has 2 fully saturated rings. The number of benzene rings is 1. The third-order valence-electron chi connectivity index (χ3n) is 4.89. The van der Waals surface area contributed by atoms with Crippen molar-refractivity contribution in [1.82, 2.24) is 4.31 Å². The number of nitrogens with zero attached hydrogens (tertiary/aromatic N) is 1. The molecule has 6 heteroatoms. The molecule has 3 rings (SSSR count). The molecule has 1 saturated heterocycles. The van der Waals surface area contributed by atoms with E-state index in [0.29, 0.717) is 38.6 Å². The van der Waals surface area contributed by atoms with Crippen LogP contribution >= 0.6 is 0 Å². The van der Waals surface area contributed by atoms with Crippen molar-refractivity contribution in [3.8, 4) is 0 Å². The summed E-state index contributed by atoms with van der Waals surface area (Å²) >= 11 is 0. The van der Waals surface area contributed by atoms with Gasteiger partial charge in [0.05, 0.1) is 11.0 Å². The molecular formula is C16H21NO4S. The van der Waals surface area contributed by atoms with Crippen LogP contribution in [0.3, 0.4) is 0 Å². The second-order valence-electron chi connectivity index (χ2n) is 6.25. The van der Waals surface area contributed by atoms with Gasteiger partial charge in [0.1, 0.15) is 5.54 Å². The van der Waals surface area contributed by atoms with Crippen molar-refractivity contribution in [1.29, 1.82) is 0 Å². The minimum Gasteiger partial charge on any atom is -0.391 e. The van der Waals surface area contributed by atoms with Gasteiger partial charge >= 0.3 is 0 Å². The van der Waals surface area contributed by atoms with Crippen molar-refractivity contribution in [3.05, 3.63) is 29.8 Å². The second kappa shape index (κ2) is 5.44. The summed E-state index contributed by atoms with van der Waals surface area (Å²) in [5.74, 6) is -0.143. The molecule has 1 heterocycles. The van der Waals surface area contributed by atoms with E-state index in [1.807, 2.05) is 6.92 Å². The first-order valence-electron chi connectivity index (χ1n) is 7.70. The summed E-state index contributed by atoms with van der Waals surface area (Å²) in [5.41, 5.74) is -0.272. The molecule has 1 N–H and O–H groups in total. The number of Topliss-reactive ketones (excluding diaryl/α,β-unsaturated/α-hetero) is 1. The van der Waals surface area contributed by atoms with E-state index in [1.165, 1.54) is 4.31 Å². The van der Waals surface area contributed by atoms with Crippen LogP contribution in [-0.2, 0) is 14.8 Å². The molecule has 1 spiro atoms. The van der Waals surface area contributed by atoms with Crippen molar-refractivity contribution < 1.29 is 18.3 Å². The predicted molar refractivity (Wildman–Crippen MR) is 81.9 cm³/mol. The summed E-state index contributed by atoms with van der Waals surface area (Å²) in [5, 5.41) is 10.4. The molecule has 0 unspecified atom stereocenters. The lowest BCUT2D eigenvalue weighted by Crippen LogP contribution is -2.64. The highest BCUT2D eigenvalue weighted by molar-refractivity contribution is 7.89. The first-order chi connectivity index (χ1) is 10.4. The van der Waals surface area contributed by atoms with Crippen LogP contribution in [0.4, 0.5) is 0 Å². The first-order valence-corrected chi connectivity index (χ1v) is 9.14. The molecule has 120 valence electrons. The molecule has 0 radical (unpaired) electrons. The van der Waals surface area contributed by atoms with Gasteiger partial charge in [-0.25, -0.2) is 8.42 Å². The van der Waals surface area contributed by atoms with Gasteiger partial charge in [0.15, 0.2) is 5.78 Å². The van der Waals surface area contributed by atoms with Crippen molar-refractivity contribution in [3.63, 3.8) is 0 Å². The van der Waals surface area contributed by atoms with Crippen LogP contribution in [-0.4, -0.2) is 41.8 Å². The van der Waals surface area contributed by atoms with Gasteiger partial charge in [-0.1, -0.05) is 17.7 Å². The van der Waals surface area contributed by atoms with Crippen LogP contribution < -0.4 is 0 Å². The maximum absolute atomic E-state index is 13.0. The van der Waals surface area contributed by atoms with E-state index in [0.717, 1.165) is 5.56 Å². The van der Waals surface area contributed by atoms with E-state index in [4.69, 9.17) is 0 Å². The summed E-state index contributed by atoms with van der Waals surface area (Å²) in [6, 6.07) is 6.63. The lowest BCUT2D eigenvalue weighted by molar-refractivity contribution is -0.134. The molecule has 1 aromatic carbocycles. The number of aryl methyl sites for hydroxylation is 1. The number of ketones is 1. The highest BCUT2D eigenvalue weighted by Crippen LogP contribution is 2.42. The molecule has 1 saturated carbocycles. The molecule has 2 atom stereocenters. The molecule has 1 aromatic rings. The van der Waals surface area contributed by atoms with E-state index < -0.39 is 21.7 Å². The van der Waals surface area contributed by atoms with Gasteiger partial charge in [-0.15, -0.1) is 0 Å². The Hall–Kier alpha value is -1.24. The number of aliphatic hydroxyl groups excluding tert-OH is 1. The topological polar surface area (TPSA) is 74.7 Å². The molecule has 5 nitrogen and oxygen atoms in total. The van der Waals surface area contributed by atoms with Crippen molar-refractivity contribution in [2.75, 3.05) is 6.54 Å². The van der Waals surface area contributed by atoms with Gasteiger partial charge in [0, 0.05) is 13.0 Å². The quantitative estimate of drug-likeness (QED) is 0.898. The standard InChI is InChI=1S/C16H21NO4S/c1-12-6-8-13(9-7-12)22(20,21)17-11-3-5-15(19)16(17)10-2-4-14(16)18/h6-9,15,19H,2-5,10-11H2,1H3/t15-,16-/m0/s1. The molecule has 0 bridgehead atoms. The van der Waals surface area contributed by atoms with Crippen LogP contribution in [0.15, 0.2) is 29.2 Å². The average molecular weight is 323 g/mol. The van der Waals surface area contributed by atoms with E-state index in [2.05, 4.69) is 0 Å². The van der Waals surface area contributed by atoms with E-state index >= 15 is 0 Å².